The highest BCUT2D eigenvalue weighted by Crippen LogP contribution is 2.28. The van der Waals surface area contributed by atoms with Gasteiger partial charge in [-0.3, -0.25) is 4.79 Å². The molecule has 1 unspecified atom stereocenters. The van der Waals surface area contributed by atoms with E-state index >= 15 is 0 Å². The van der Waals surface area contributed by atoms with Gasteiger partial charge in [0.15, 0.2) is 11.6 Å². The maximum Gasteiger partial charge on any atom is 0.254 e. The van der Waals surface area contributed by atoms with Crippen molar-refractivity contribution < 1.29 is 9.53 Å². The summed E-state index contributed by atoms with van der Waals surface area (Å²) in [7, 11) is 0. The van der Waals surface area contributed by atoms with Gasteiger partial charge in [-0.05, 0) is 37.8 Å². The number of carbonyl (C=O) groups is 1. The third kappa shape index (κ3) is 2.86. The number of amides is 1. The van der Waals surface area contributed by atoms with E-state index < -0.39 is 0 Å². The Morgan fingerprint density at radius 2 is 1.87 bits per heavy atom. The Morgan fingerprint density at radius 3 is 2.57 bits per heavy atom. The van der Waals surface area contributed by atoms with Crippen molar-refractivity contribution in [1.82, 2.24) is 9.97 Å². The highest BCUT2D eigenvalue weighted by atomic mass is 16.5. The summed E-state index contributed by atoms with van der Waals surface area (Å²) >= 11 is 0. The van der Waals surface area contributed by atoms with Gasteiger partial charge < -0.3 is 15.0 Å². The molecule has 1 aromatic heterocycles. The zero-order valence-electron chi connectivity index (χ0n) is 13.0. The van der Waals surface area contributed by atoms with Gasteiger partial charge in [0.25, 0.3) is 5.91 Å². The number of nitrogens with zero attached hydrogens (tertiary/aromatic N) is 3. The van der Waals surface area contributed by atoms with Gasteiger partial charge in [0.05, 0.1) is 11.0 Å². The molecule has 1 amide bonds. The van der Waals surface area contributed by atoms with Crippen molar-refractivity contribution in [2.45, 2.75) is 31.8 Å². The maximum atomic E-state index is 12.4. The van der Waals surface area contributed by atoms with Gasteiger partial charge in [0.1, 0.15) is 6.10 Å². The Kier molecular flexibility index (Phi) is 3.83. The van der Waals surface area contributed by atoms with Crippen LogP contribution in [0.1, 0.15) is 25.7 Å². The van der Waals surface area contributed by atoms with Crippen molar-refractivity contribution in [2.75, 3.05) is 29.9 Å². The second-order valence-electron chi connectivity index (χ2n) is 6.07. The molecule has 2 fully saturated rings. The number of carbonyl (C=O) groups excluding carboxylic acids is 1. The van der Waals surface area contributed by atoms with E-state index in [-0.39, 0.29) is 12.0 Å². The first-order valence-electron chi connectivity index (χ1n) is 8.25. The summed E-state index contributed by atoms with van der Waals surface area (Å²) in [4.78, 5) is 24.0. The van der Waals surface area contributed by atoms with Gasteiger partial charge in [-0.2, -0.15) is 0 Å². The number of ether oxygens (including phenoxy) is 1. The average Bonchev–Trinajstić information content (AvgIpc) is 3.27. The summed E-state index contributed by atoms with van der Waals surface area (Å²) in [6.45, 7) is 2.56. The third-order valence-electron chi connectivity index (χ3n) is 4.42. The first kappa shape index (κ1) is 14.4. The molecule has 2 aromatic rings. The smallest absolute Gasteiger partial charge is 0.254 e. The van der Waals surface area contributed by atoms with Crippen molar-refractivity contribution in [3.8, 4) is 0 Å². The number of anilines is 2. The van der Waals surface area contributed by atoms with E-state index in [1.807, 2.05) is 24.3 Å². The molecule has 0 aliphatic carbocycles. The Balaban J connectivity index is 1.69. The molecule has 6 nitrogen and oxygen atoms in total. The molecule has 120 valence electrons. The lowest BCUT2D eigenvalue weighted by molar-refractivity contribution is -0.124. The summed E-state index contributed by atoms with van der Waals surface area (Å²) in [5.74, 6) is 1.20. The van der Waals surface area contributed by atoms with E-state index in [0.29, 0.717) is 12.4 Å². The van der Waals surface area contributed by atoms with E-state index in [0.717, 1.165) is 55.6 Å². The fourth-order valence-corrected chi connectivity index (χ4v) is 3.21. The van der Waals surface area contributed by atoms with Crippen molar-refractivity contribution in [2.24, 2.45) is 0 Å². The van der Waals surface area contributed by atoms with Crippen LogP contribution in [-0.2, 0) is 9.53 Å². The summed E-state index contributed by atoms with van der Waals surface area (Å²) < 4.78 is 5.47. The Bertz CT molecular complexity index is 722. The number of fused-ring (bicyclic) bond motifs is 1. The second-order valence-corrected chi connectivity index (χ2v) is 6.07. The minimum atomic E-state index is -0.366. The molecule has 4 rings (SSSR count). The van der Waals surface area contributed by atoms with Gasteiger partial charge in [0.2, 0.25) is 0 Å². The van der Waals surface area contributed by atoms with Crippen LogP contribution in [0.5, 0.6) is 0 Å². The minimum absolute atomic E-state index is 0.118. The summed E-state index contributed by atoms with van der Waals surface area (Å²) in [5.41, 5.74) is 1.64. The Hall–Kier alpha value is -2.21. The molecule has 2 aliphatic heterocycles. The lowest BCUT2D eigenvalue weighted by atomic mass is 10.2. The van der Waals surface area contributed by atoms with Crippen LogP contribution in [0.25, 0.3) is 11.0 Å². The molecule has 1 atom stereocenters. The zero-order chi connectivity index (χ0) is 15.6. The van der Waals surface area contributed by atoms with Crippen molar-refractivity contribution in [3.63, 3.8) is 0 Å². The number of nitrogens with one attached hydrogen (secondary N) is 1. The maximum absolute atomic E-state index is 12.4. The van der Waals surface area contributed by atoms with Crippen LogP contribution in [0.2, 0.25) is 0 Å². The van der Waals surface area contributed by atoms with Crippen molar-refractivity contribution >= 4 is 28.6 Å². The van der Waals surface area contributed by atoms with Gasteiger partial charge in [0, 0.05) is 19.7 Å². The number of benzene rings is 1. The molecule has 1 N–H and O–H groups in total. The Labute approximate surface area is 134 Å². The highest BCUT2D eigenvalue weighted by molar-refractivity contribution is 5.97. The second kappa shape index (κ2) is 6.12. The topological polar surface area (TPSA) is 67.4 Å². The largest absolute Gasteiger partial charge is 0.368 e. The average molecular weight is 312 g/mol. The fraction of sp³-hybridized carbons (Fsp3) is 0.471. The van der Waals surface area contributed by atoms with Gasteiger partial charge in [-0.1, -0.05) is 12.1 Å². The number of rotatable bonds is 3. The van der Waals surface area contributed by atoms with Crippen LogP contribution in [0.15, 0.2) is 24.3 Å². The lowest BCUT2D eigenvalue weighted by Crippen LogP contribution is -2.29. The third-order valence-corrected chi connectivity index (χ3v) is 4.42. The van der Waals surface area contributed by atoms with Crippen LogP contribution in [0.4, 0.5) is 11.6 Å². The SMILES string of the molecule is O=C(Nc1nc2ccccc2nc1N1CCCC1)C1CCCO1. The molecule has 3 heterocycles. The van der Waals surface area contributed by atoms with E-state index in [9.17, 15) is 4.79 Å². The molecule has 1 aromatic carbocycles. The molecular weight excluding hydrogens is 292 g/mol. The van der Waals surface area contributed by atoms with Gasteiger partial charge >= 0.3 is 0 Å². The normalized spacial score (nSPS) is 21.0. The zero-order valence-corrected chi connectivity index (χ0v) is 13.0. The molecule has 6 heteroatoms. The standard InChI is InChI=1S/C17H20N4O2/c22-17(14-8-5-11-23-14)20-15-16(21-9-3-4-10-21)19-13-7-2-1-6-12(13)18-15/h1-2,6-7,14H,3-5,8-11H2,(H,18,20,22). The first-order chi connectivity index (χ1) is 11.3. The van der Waals surface area contributed by atoms with Crippen molar-refractivity contribution in [3.05, 3.63) is 24.3 Å². The highest BCUT2D eigenvalue weighted by Gasteiger charge is 2.26. The van der Waals surface area contributed by atoms with Gasteiger partial charge in [-0.15, -0.1) is 0 Å². The molecule has 0 saturated carbocycles. The van der Waals surface area contributed by atoms with E-state index in [1.165, 1.54) is 0 Å². The van der Waals surface area contributed by atoms with Crippen LogP contribution >= 0.6 is 0 Å². The summed E-state index contributed by atoms with van der Waals surface area (Å²) in [6, 6.07) is 7.75. The Morgan fingerprint density at radius 1 is 1.13 bits per heavy atom. The molecular formula is C17H20N4O2. The van der Waals surface area contributed by atoms with Crippen LogP contribution in [0.3, 0.4) is 0 Å². The number of hydrogen-bond donors (Lipinski definition) is 1. The van der Waals surface area contributed by atoms with E-state index in [4.69, 9.17) is 9.72 Å². The molecule has 2 saturated heterocycles. The molecule has 0 radical (unpaired) electrons. The minimum Gasteiger partial charge on any atom is -0.368 e. The quantitative estimate of drug-likeness (QED) is 0.942. The predicted octanol–water partition coefficient (Wildman–Crippen LogP) is 2.35. The fourth-order valence-electron chi connectivity index (χ4n) is 3.21. The summed E-state index contributed by atoms with van der Waals surface area (Å²) in [5, 5.41) is 2.94. The van der Waals surface area contributed by atoms with Crippen LogP contribution in [-0.4, -0.2) is 41.7 Å². The van der Waals surface area contributed by atoms with Crippen LogP contribution in [0, 0.1) is 0 Å². The van der Waals surface area contributed by atoms with Crippen LogP contribution < -0.4 is 10.2 Å². The van der Waals surface area contributed by atoms with Gasteiger partial charge in [-0.25, -0.2) is 9.97 Å². The molecule has 2 aliphatic rings. The number of aromatic nitrogens is 2. The van der Waals surface area contributed by atoms with Crippen molar-refractivity contribution in [1.29, 1.82) is 0 Å². The monoisotopic (exact) mass is 312 g/mol. The summed E-state index contributed by atoms with van der Waals surface area (Å²) in [6.07, 6.45) is 3.63. The first-order valence-corrected chi connectivity index (χ1v) is 8.25. The molecule has 23 heavy (non-hydrogen) atoms. The molecule has 0 bridgehead atoms. The lowest BCUT2D eigenvalue weighted by Gasteiger charge is -2.20. The number of hydrogen-bond acceptors (Lipinski definition) is 5. The number of para-hydroxylation sites is 2. The van der Waals surface area contributed by atoms with E-state index in [2.05, 4.69) is 15.2 Å². The molecule has 0 spiro atoms. The van der Waals surface area contributed by atoms with E-state index in [1.54, 1.807) is 0 Å². The predicted molar refractivity (Wildman–Crippen MR) is 88.6 cm³/mol.